The van der Waals surface area contributed by atoms with Crippen LogP contribution in [0.3, 0.4) is 0 Å². The van der Waals surface area contributed by atoms with Crippen LogP contribution < -0.4 is 0 Å². The van der Waals surface area contributed by atoms with Gasteiger partial charge in [0.05, 0.1) is 0 Å². The van der Waals surface area contributed by atoms with Crippen LogP contribution in [0.2, 0.25) is 0 Å². The smallest absolute Gasteiger partial charge is 0.321 e. The third-order valence-electron chi connectivity index (χ3n) is 0.701. The highest BCUT2D eigenvalue weighted by atomic mass is 79.9. The van der Waals surface area contributed by atoms with Gasteiger partial charge in [0.25, 0.3) is 0 Å². The van der Waals surface area contributed by atoms with Gasteiger partial charge in [-0.15, -0.1) is 0 Å². The average molecular weight is 273 g/mol. The standard InChI is InChI=1S/CH4BrFO6P2/c2-1(3,10(4,5)6)11(7,8)9/h(H2,4,5,6)(H2,7,8,9). The van der Waals surface area contributed by atoms with E-state index in [0.717, 1.165) is 0 Å². The van der Waals surface area contributed by atoms with Gasteiger partial charge in [0, 0.05) is 0 Å². The Balaban J connectivity index is 5.08. The highest BCUT2D eigenvalue weighted by Crippen LogP contribution is 2.73. The Morgan fingerprint density at radius 1 is 1.09 bits per heavy atom. The molecule has 0 unspecified atom stereocenters. The van der Waals surface area contributed by atoms with Crippen LogP contribution in [0.4, 0.5) is 4.39 Å². The lowest BCUT2D eigenvalue weighted by atomic mass is 11.8. The molecule has 0 aromatic heterocycles. The fourth-order valence-electron chi connectivity index (χ4n) is 0.170. The Hall–Kier alpha value is 0.710. The number of alkyl halides is 2. The minimum absolute atomic E-state index is 1.63. The van der Waals surface area contributed by atoms with E-state index in [1.807, 2.05) is 0 Å². The van der Waals surface area contributed by atoms with E-state index in [4.69, 9.17) is 19.6 Å². The summed E-state index contributed by atoms with van der Waals surface area (Å²) in [5, 5.41) is 0. The first-order valence-electron chi connectivity index (χ1n) is 1.99. The quantitative estimate of drug-likeness (QED) is 0.425. The predicted molar refractivity (Wildman–Crippen MR) is 36.9 cm³/mol. The van der Waals surface area contributed by atoms with Gasteiger partial charge in [-0.1, -0.05) is 0 Å². The Morgan fingerprint density at radius 2 is 1.27 bits per heavy atom. The number of hydrogen-bond donors (Lipinski definition) is 4. The molecule has 0 aromatic rings. The van der Waals surface area contributed by atoms with E-state index in [1.54, 1.807) is 15.9 Å². The van der Waals surface area contributed by atoms with Crippen molar-refractivity contribution < 1.29 is 33.1 Å². The van der Waals surface area contributed by atoms with E-state index in [2.05, 4.69) is 0 Å². The average Bonchev–Trinajstić information content (AvgIpc) is 1.58. The van der Waals surface area contributed by atoms with Crippen molar-refractivity contribution in [1.82, 2.24) is 0 Å². The maximum atomic E-state index is 12.5. The summed E-state index contributed by atoms with van der Waals surface area (Å²) in [6, 6.07) is 0. The van der Waals surface area contributed by atoms with Crippen molar-refractivity contribution in [1.29, 1.82) is 0 Å². The van der Waals surface area contributed by atoms with Crippen LogP contribution in [0.1, 0.15) is 0 Å². The van der Waals surface area contributed by atoms with Crippen LogP contribution in [0.5, 0.6) is 0 Å². The van der Waals surface area contributed by atoms with E-state index in [-0.39, 0.29) is 0 Å². The van der Waals surface area contributed by atoms with Gasteiger partial charge in [-0.25, -0.2) is 4.39 Å². The zero-order chi connectivity index (χ0) is 9.50. The summed E-state index contributed by atoms with van der Waals surface area (Å²) in [5.74, 6) is 0. The molecule has 0 spiro atoms. The second-order valence-corrected chi connectivity index (χ2v) is 7.68. The SMILES string of the molecule is O=P(O)(O)C(F)(Br)P(=O)(O)O. The van der Waals surface area contributed by atoms with Gasteiger partial charge in [0.1, 0.15) is 0 Å². The number of rotatable bonds is 2. The summed E-state index contributed by atoms with van der Waals surface area (Å²) >= 11 is 1.63. The van der Waals surface area contributed by atoms with Gasteiger partial charge in [0.2, 0.25) is 0 Å². The molecule has 0 bridgehead atoms. The van der Waals surface area contributed by atoms with Crippen LogP contribution >= 0.6 is 31.1 Å². The van der Waals surface area contributed by atoms with Crippen molar-refractivity contribution >= 4 is 31.1 Å². The molecule has 0 aliphatic carbocycles. The summed E-state index contributed by atoms with van der Waals surface area (Å²) in [7, 11) is -11.0. The van der Waals surface area contributed by atoms with Crippen LogP contribution in [0.25, 0.3) is 0 Å². The summed E-state index contributed by atoms with van der Waals surface area (Å²) < 4.78 is 28.7. The van der Waals surface area contributed by atoms with Crippen LogP contribution in [0.15, 0.2) is 0 Å². The molecule has 68 valence electrons. The maximum absolute atomic E-state index is 12.5. The minimum atomic E-state index is -5.50. The van der Waals surface area contributed by atoms with Gasteiger partial charge in [0.15, 0.2) is 0 Å². The first-order chi connectivity index (χ1) is 4.50. The molecular weight excluding hydrogens is 269 g/mol. The Kier molecular flexibility index (Phi) is 3.07. The van der Waals surface area contributed by atoms with Gasteiger partial charge < -0.3 is 19.6 Å². The summed E-state index contributed by atoms with van der Waals surface area (Å²) in [4.78, 5) is 32.3. The van der Waals surface area contributed by atoms with E-state index >= 15 is 0 Å². The summed E-state index contributed by atoms with van der Waals surface area (Å²) in [6.07, 6.45) is 0. The molecule has 0 atom stereocenters. The lowest BCUT2D eigenvalue weighted by Crippen LogP contribution is -2.13. The van der Waals surface area contributed by atoms with Crippen molar-refractivity contribution in [3.63, 3.8) is 0 Å². The third-order valence-corrected chi connectivity index (χ3v) is 6.44. The maximum Gasteiger partial charge on any atom is 0.386 e. The number of hydrogen-bond acceptors (Lipinski definition) is 2. The minimum Gasteiger partial charge on any atom is -0.321 e. The van der Waals surface area contributed by atoms with Crippen LogP contribution in [0, 0.1) is 0 Å². The van der Waals surface area contributed by atoms with Gasteiger partial charge in [-0.3, -0.25) is 9.13 Å². The Morgan fingerprint density at radius 3 is 1.27 bits per heavy atom. The molecule has 6 nitrogen and oxygen atoms in total. The molecule has 0 rings (SSSR count). The van der Waals surface area contributed by atoms with Gasteiger partial charge in [-0.2, -0.15) is 0 Å². The zero-order valence-corrected chi connectivity index (χ0v) is 8.13. The lowest BCUT2D eigenvalue weighted by Gasteiger charge is -2.19. The molecular formula is CH4BrFO6P2. The zero-order valence-electron chi connectivity index (χ0n) is 4.76. The van der Waals surface area contributed by atoms with Crippen LogP contribution in [-0.2, 0) is 9.13 Å². The molecule has 0 fully saturated rings. The first-order valence-corrected chi connectivity index (χ1v) is 6.01. The van der Waals surface area contributed by atoms with Crippen molar-refractivity contribution in [3.05, 3.63) is 0 Å². The molecule has 0 aromatic carbocycles. The predicted octanol–water partition coefficient (Wildman–Crippen LogP) is 0.317. The van der Waals surface area contributed by atoms with Crippen molar-refractivity contribution in [2.75, 3.05) is 0 Å². The summed E-state index contributed by atoms with van der Waals surface area (Å²) in [5.41, 5.74) is 0. The molecule has 0 radical (unpaired) electrons. The lowest BCUT2D eigenvalue weighted by molar-refractivity contribution is 0.280. The summed E-state index contributed by atoms with van der Waals surface area (Å²) in [6.45, 7) is 0. The normalized spacial score (nSPS) is 15.1. The molecule has 0 amide bonds. The first kappa shape index (κ1) is 11.7. The van der Waals surface area contributed by atoms with Crippen molar-refractivity contribution in [3.8, 4) is 0 Å². The third kappa shape index (κ3) is 2.32. The Bertz CT molecular complexity index is 213. The fraction of sp³-hybridized carbons (Fsp3) is 1.00. The molecule has 0 aliphatic rings. The molecule has 0 heterocycles. The van der Waals surface area contributed by atoms with E-state index in [9.17, 15) is 13.5 Å². The monoisotopic (exact) mass is 272 g/mol. The van der Waals surface area contributed by atoms with Crippen LogP contribution in [-0.4, -0.2) is 23.6 Å². The molecule has 4 N–H and O–H groups in total. The Labute approximate surface area is 68.9 Å². The fourth-order valence-corrected chi connectivity index (χ4v) is 1.53. The highest BCUT2D eigenvalue weighted by Gasteiger charge is 2.60. The van der Waals surface area contributed by atoms with Gasteiger partial charge in [-0.05, 0) is 15.9 Å². The molecule has 0 aliphatic heterocycles. The van der Waals surface area contributed by atoms with E-state index < -0.39 is 19.3 Å². The highest BCUT2D eigenvalue weighted by molar-refractivity contribution is 9.12. The van der Waals surface area contributed by atoms with Crippen molar-refractivity contribution in [2.24, 2.45) is 0 Å². The van der Waals surface area contributed by atoms with E-state index in [1.165, 1.54) is 0 Å². The topological polar surface area (TPSA) is 115 Å². The van der Waals surface area contributed by atoms with Gasteiger partial charge >= 0.3 is 19.3 Å². The number of halogens is 2. The second kappa shape index (κ2) is 2.88. The molecule has 0 saturated carbocycles. The molecule has 10 heteroatoms. The van der Waals surface area contributed by atoms with Crippen molar-refractivity contribution in [2.45, 2.75) is 4.06 Å². The second-order valence-electron chi connectivity index (χ2n) is 1.60. The largest absolute Gasteiger partial charge is 0.386 e. The molecule has 0 saturated heterocycles. The molecule has 11 heavy (non-hydrogen) atoms. The van der Waals surface area contributed by atoms with E-state index in [0.29, 0.717) is 0 Å².